The van der Waals surface area contributed by atoms with Crippen molar-refractivity contribution in [3.8, 4) is 0 Å². The van der Waals surface area contributed by atoms with E-state index in [2.05, 4.69) is 60.3 Å². The molecule has 2 nitrogen and oxygen atoms in total. The molecule has 1 heterocycles. The minimum atomic E-state index is 0.562. The van der Waals surface area contributed by atoms with Crippen molar-refractivity contribution < 1.29 is 0 Å². The Morgan fingerprint density at radius 1 is 1.20 bits per heavy atom. The van der Waals surface area contributed by atoms with Crippen molar-refractivity contribution in [2.75, 3.05) is 6.54 Å². The molecule has 0 amide bonds. The Labute approximate surface area is 90.9 Å². The molecular formula is C13H18N2. The van der Waals surface area contributed by atoms with E-state index in [1.54, 1.807) is 0 Å². The molecule has 0 aliphatic rings. The summed E-state index contributed by atoms with van der Waals surface area (Å²) in [7, 11) is 0. The molecule has 0 saturated heterocycles. The van der Waals surface area contributed by atoms with E-state index in [9.17, 15) is 0 Å². The fraction of sp³-hybridized carbons (Fsp3) is 0.385. The van der Waals surface area contributed by atoms with E-state index in [0.29, 0.717) is 6.04 Å². The second-order valence-electron chi connectivity index (χ2n) is 4.18. The van der Waals surface area contributed by atoms with E-state index in [1.807, 2.05) is 0 Å². The standard InChI is InChI=1S/C13H18N2/c1-11(2)14-8-10-15-9-7-12-5-3-4-6-13(12)15/h3-7,9,11,14H,8,10H2,1-2H3. The van der Waals surface area contributed by atoms with Gasteiger partial charge in [-0.2, -0.15) is 0 Å². The van der Waals surface area contributed by atoms with Crippen molar-refractivity contribution in [1.82, 2.24) is 9.88 Å². The summed E-state index contributed by atoms with van der Waals surface area (Å²) in [5.74, 6) is 0. The van der Waals surface area contributed by atoms with Gasteiger partial charge in [0.1, 0.15) is 0 Å². The lowest BCUT2D eigenvalue weighted by Gasteiger charge is -2.09. The molecule has 0 aliphatic carbocycles. The minimum Gasteiger partial charge on any atom is -0.346 e. The van der Waals surface area contributed by atoms with Crippen LogP contribution in [0, 0.1) is 0 Å². The molecule has 80 valence electrons. The Morgan fingerprint density at radius 3 is 2.80 bits per heavy atom. The summed E-state index contributed by atoms with van der Waals surface area (Å²) in [5, 5.41) is 4.75. The molecule has 1 aromatic heterocycles. The van der Waals surface area contributed by atoms with Crippen molar-refractivity contribution in [2.45, 2.75) is 26.4 Å². The summed E-state index contributed by atoms with van der Waals surface area (Å²) in [4.78, 5) is 0. The summed E-state index contributed by atoms with van der Waals surface area (Å²) < 4.78 is 2.30. The van der Waals surface area contributed by atoms with Crippen LogP contribution in [0.5, 0.6) is 0 Å². The molecule has 2 rings (SSSR count). The van der Waals surface area contributed by atoms with Crippen molar-refractivity contribution in [2.24, 2.45) is 0 Å². The second-order valence-corrected chi connectivity index (χ2v) is 4.18. The van der Waals surface area contributed by atoms with Crippen LogP contribution in [-0.4, -0.2) is 17.2 Å². The molecule has 0 aliphatic heterocycles. The number of fused-ring (bicyclic) bond motifs is 1. The Morgan fingerprint density at radius 2 is 2.00 bits per heavy atom. The van der Waals surface area contributed by atoms with Gasteiger partial charge in [0.25, 0.3) is 0 Å². The zero-order valence-electron chi connectivity index (χ0n) is 9.40. The van der Waals surface area contributed by atoms with Crippen LogP contribution in [-0.2, 0) is 6.54 Å². The van der Waals surface area contributed by atoms with Crippen molar-refractivity contribution in [3.05, 3.63) is 36.5 Å². The molecule has 0 radical (unpaired) electrons. The van der Waals surface area contributed by atoms with Crippen molar-refractivity contribution in [3.63, 3.8) is 0 Å². The van der Waals surface area contributed by atoms with Crippen LogP contribution in [0.4, 0.5) is 0 Å². The number of rotatable bonds is 4. The lowest BCUT2D eigenvalue weighted by Crippen LogP contribution is -2.26. The van der Waals surface area contributed by atoms with Crippen molar-refractivity contribution in [1.29, 1.82) is 0 Å². The molecule has 0 atom stereocenters. The molecule has 2 heteroatoms. The number of para-hydroxylation sites is 1. The lowest BCUT2D eigenvalue weighted by atomic mass is 10.2. The number of nitrogens with one attached hydrogen (secondary N) is 1. The van der Waals surface area contributed by atoms with E-state index in [4.69, 9.17) is 0 Å². The van der Waals surface area contributed by atoms with E-state index >= 15 is 0 Å². The summed E-state index contributed by atoms with van der Waals surface area (Å²) in [6.45, 7) is 6.41. The third-order valence-corrected chi connectivity index (χ3v) is 2.59. The molecule has 0 spiro atoms. The van der Waals surface area contributed by atoms with Gasteiger partial charge < -0.3 is 9.88 Å². The molecule has 0 unspecified atom stereocenters. The largest absolute Gasteiger partial charge is 0.346 e. The maximum atomic E-state index is 3.43. The average Bonchev–Trinajstić information content (AvgIpc) is 2.62. The van der Waals surface area contributed by atoms with Gasteiger partial charge in [0.05, 0.1) is 0 Å². The number of hydrogen-bond acceptors (Lipinski definition) is 1. The molecule has 0 saturated carbocycles. The maximum absolute atomic E-state index is 3.43. The molecule has 0 bridgehead atoms. The van der Waals surface area contributed by atoms with E-state index in [0.717, 1.165) is 13.1 Å². The number of aromatic nitrogens is 1. The van der Waals surface area contributed by atoms with Crippen LogP contribution in [0.2, 0.25) is 0 Å². The first-order valence-electron chi connectivity index (χ1n) is 5.54. The quantitative estimate of drug-likeness (QED) is 0.806. The normalized spacial score (nSPS) is 11.4. The fourth-order valence-electron chi connectivity index (χ4n) is 1.81. The maximum Gasteiger partial charge on any atom is 0.0480 e. The fourth-order valence-corrected chi connectivity index (χ4v) is 1.81. The topological polar surface area (TPSA) is 17.0 Å². The minimum absolute atomic E-state index is 0.562. The first-order valence-corrected chi connectivity index (χ1v) is 5.54. The van der Waals surface area contributed by atoms with E-state index in [-0.39, 0.29) is 0 Å². The first-order chi connectivity index (χ1) is 7.27. The van der Waals surface area contributed by atoms with Gasteiger partial charge in [0, 0.05) is 30.8 Å². The third-order valence-electron chi connectivity index (χ3n) is 2.59. The predicted octanol–water partition coefficient (Wildman–Crippen LogP) is 2.64. The Balaban J connectivity index is 2.08. The van der Waals surface area contributed by atoms with Crippen LogP contribution >= 0.6 is 0 Å². The summed E-state index contributed by atoms with van der Waals surface area (Å²) in [6.07, 6.45) is 2.16. The van der Waals surface area contributed by atoms with E-state index in [1.165, 1.54) is 10.9 Å². The average molecular weight is 202 g/mol. The van der Waals surface area contributed by atoms with Gasteiger partial charge in [-0.05, 0) is 17.5 Å². The van der Waals surface area contributed by atoms with Gasteiger partial charge in [-0.15, -0.1) is 0 Å². The summed E-state index contributed by atoms with van der Waals surface area (Å²) in [6, 6.07) is 11.2. The van der Waals surface area contributed by atoms with Crippen LogP contribution in [0.1, 0.15) is 13.8 Å². The number of hydrogen-bond donors (Lipinski definition) is 1. The zero-order valence-corrected chi connectivity index (χ0v) is 9.40. The van der Waals surface area contributed by atoms with Gasteiger partial charge in [0.15, 0.2) is 0 Å². The highest BCUT2D eigenvalue weighted by Crippen LogP contribution is 2.14. The van der Waals surface area contributed by atoms with Gasteiger partial charge in [-0.1, -0.05) is 32.0 Å². The molecule has 0 fully saturated rings. The highest BCUT2D eigenvalue weighted by molar-refractivity contribution is 5.79. The number of benzene rings is 1. The van der Waals surface area contributed by atoms with Crippen molar-refractivity contribution >= 4 is 10.9 Å². The Kier molecular flexibility index (Phi) is 3.07. The lowest BCUT2D eigenvalue weighted by molar-refractivity contribution is 0.548. The monoisotopic (exact) mass is 202 g/mol. The van der Waals surface area contributed by atoms with Gasteiger partial charge >= 0.3 is 0 Å². The van der Waals surface area contributed by atoms with Crippen LogP contribution < -0.4 is 5.32 Å². The van der Waals surface area contributed by atoms with Crippen LogP contribution in [0.15, 0.2) is 36.5 Å². The van der Waals surface area contributed by atoms with Crippen LogP contribution in [0.25, 0.3) is 10.9 Å². The SMILES string of the molecule is CC(C)NCCn1ccc2ccccc21. The summed E-state index contributed by atoms with van der Waals surface area (Å²) >= 11 is 0. The molecular weight excluding hydrogens is 184 g/mol. The highest BCUT2D eigenvalue weighted by Gasteiger charge is 1.99. The van der Waals surface area contributed by atoms with Gasteiger partial charge in [0.2, 0.25) is 0 Å². The van der Waals surface area contributed by atoms with Gasteiger partial charge in [-0.25, -0.2) is 0 Å². The Hall–Kier alpha value is -1.28. The second kappa shape index (κ2) is 4.49. The third kappa shape index (κ3) is 2.39. The Bertz CT molecular complexity index is 429. The predicted molar refractivity (Wildman–Crippen MR) is 65.1 cm³/mol. The number of nitrogens with zero attached hydrogens (tertiary/aromatic N) is 1. The molecule has 15 heavy (non-hydrogen) atoms. The van der Waals surface area contributed by atoms with Crippen LogP contribution in [0.3, 0.4) is 0 Å². The molecule has 1 aromatic carbocycles. The molecule has 2 aromatic rings. The first kappa shape index (κ1) is 10.2. The summed E-state index contributed by atoms with van der Waals surface area (Å²) in [5.41, 5.74) is 1.32. The zero-order chi connectivity index (χ0) is 10.7. The smallest absolute Gasteiger partial charge is 0.0480 e. The highest BCUT2D eigenvalue weighted by atomic mass is 15.0. The van der Waals surface area contributed by atoms with Gasteiger partial charge in [-0.3, -0.25) is 0 Å². The molecule has 1 N–H and O–H groups in total. The van der Waals surface area contributed by atoms with E-state index < -0.39 is 0 Å².